The number of anilines is 2. The lowest BCUT2D eigenvalue weighted by molar-refractivity contribution is 0.0697. The Morgan fingerprint density at radius 1 is 1.06 bits per heavy atom. The van der Waals surface area contributed by atoms with Crippen LogP contribution in [0.3, 0.4) is 0 Å². The van der Waals surface area contributed by atoms with E-state index < -0.39 is 16.0 Å². The second kappa shape index (κ2) is 11.8. The van der Waals surface area contributed by atoms with Crippen LogP contribution in [0.4, 0.5) is 11.5 Å². The number of sulfonamides is 1. The highest BCUT2D eigenvalue weighted by molar-refractivity contribution is 7.92. The number of unbranched alkanes of at least 4 members (excludes halogenated alkanes) is 1. The molecule has 2 N–H and O–H groups in total. The third-order valence-corrected chi connectivity index (χ3v) is 6.92. The Bertz CT molecular complexity index is 1230. The second-order valence-corrected chi connectivity index (χ2v) is 10.7. The van der Waals surface area contributed by atoms with Gasteiger partial charge in [0.25, 0.3) is 10.0 Å². The summed E-state index contributed by atoms with van der Waals surface area (Å²) < 4.78 is 28.3. The van der Waals surface area contributed by atoms with Crippen LogP contribution in [0.1, 0.15) is 55.1 Å². The van der Waals surface area contributed by atoms with Crippen molar-refractivity contribution >= 4 is 27.5 Å². The first-order chi connectivity index (χ1) is 16.7. The monoisotopic (exact) mass is 495 g/mol. The minimum absolute atomic E-state index is 0.0514. The lowest BCUT2D eigenvalue weighted by Gasteiger charge is -2.25. The van der Waals surface area contributed by atoms with Crippen molar-refractivity contribution in [3.05, 3.63) is 83.6 Å². The number of aromatic carboxylic acids is 1. The standard InChI is InChI=1S/C27H33N3O4S/c1-4-5-15-30(19-22-9-7-6-8-10-22)26-25(27(31)32)17-23(18-28-26)29-35(33,34)24-13-11-21(12-14-24)16-20(2)3/h6-14,17-18,20,29H,4-5,15-16,19H2,1-3H3,(H,31,32). The Morgan fingerprint density at radius 3 is 2.34 bits per heavy atom. The molecule has 1 aromatic heterocycles. The fourth-order valence-corrected chi connectivity index (χ4v) is 4.86. The van der Waals surface area contributed by atoms with Crippen molar-refractivity contribution in [2.45, 2.75) is 51.5 Å². The predicted octanol–water partition coefficient (Wildman–Crippen LogP) is 5.59. The number of hydrogen-bond donors (Lipinski definition) is 2. The first-order valence-electron chi connectivity index (χ1n) is 11.8. The minimum atomic E-state index is -3.89. The highest BCUT2D eigenvalue weighted by Crippen LogP contribution is 2.25. The van der Waals surface area contributed by atoms with Crippen LogP contribution in [-0.4, -0.2) is 31.0 Å². The lowest BCUT2D eigenvalue weighted by Crippen LogP contribution is -2.27. The van der Waals surface area contributed by atoms with Gasteiger partial charge in [-0.05, 0) is 48.1 Å². The Labute approximate surface area is 207 Å². The van der Waals surface area contributed by atoms with Gasteiger partial charge in [-0.15, -0.1) is 0 Å². The van der Waals surface area contributed by atoms with E-state index in [1.165, 1.54) is 12.3 Å². The molecular weight excluding hydrogens is 462 g/mol. The third kappa shape index (κ3) is 7.29. The molecule has 1 heterocycles. The Balaban J connectivity index is 1.88. The molecule has 2 aromatic carbocycles. The van der Waals surface area contributed by atoms with E-state index in [4.69, 9.17) is 0 Å². The maximum Gasteiger partial charge on any atom is 0.339 e. The maximum absolute atomic E-state index is 12.9. The van der Waals surface area contributed by atoms with Crippen molar-refractivity contribution in [2.24, 2.45) is 5.92 Å². The number of pyridine rings is 1. The van der Waals surface area contributed by atoms with Gasteiger partial charge in [0.1, 0.15) is 11.4 Å². The molecule has 35 heavy (non-hydrogen) atoms. The van der Waals surface area contributed by atoms with Crippen LogP contribution < -0.4 is 9.62 Å². The predicted molar refractivity (Wildman–Crippen MR) is 139 cm³/mol. The maximum atomic E-state index is 12.9. The number of nitrogens with one attached hydrogen (secondary N) is 1. The Hall–Kier alpha value is -3.39. The molecule has 0 atom stereocenters. The zero-order chi connectivity index (χ0) is 25.4. The van der Waals surface area contributed by atoms with Crippen LogP contribution >= 0.6 is 0 Å². The average Bonchev–Trinajstić information content (AvgIpc) is 2.82. The van der Waals surface area contributed by atoms with E-state index in [-0.39, 0.29) is 16.1 Å². The molecular formula is C27H33N3O4S. The van der Waals surface area contributed by atoms with Crippen molar-refractivity contribution in [2.75, 3.05) is 16.2 Å². The van der Waals surface area contributed by atoms with Crippen LogP contribution in [0.15, 0.2) is 71.8 Å². The van der Waals surface area contributed by atoms with Gasteiger partial charge < -0.3 is 10.0 Å². The van der Waals surface area contributed by atoms with Crippen LogP contribution in [0.5, 0.6) is 0 Å². The molecule has 0 aliphatic heterocycles. The van der Waals surface area contributed by atoms with Crippen molar-refractivity contribution in [1.29, 1.82) is 0 Å². The van der Waals surface area contributed by atoms with Crippen LogP contribution in [0.2, 0.25) is 0 Å². The molecule has 0 bridgehead atoms. The number of rotatable bonds is 12. The number of carbonyl (C=O) groups is 1. The highest BCUT2D eigenvalue weighted by Gasteiger charge is 2.21. The molecule has 0 aliphatic rings. The highest BCUT2D eigenvalue weighted by atomic mass is 32.2. The summed E-state index contributed by atoms with van der Waals surface area (Å²) in [6, 6.07) is 17.8. The SMILES string of the molecule is CCCCN(Cc1ccccc1)c1ncc(NS(=O)(=O)c2ccc(CC(C)C)cc2)cc1C(=O)O. The fourth-order valence-electron chi connectivity index (χ4n) is 3.83. The molecule has 0 spiro atoms. The smallest absolute Gasteiger partial charge is 0.339 e. The zero-order valence-corrected chi connectivity index (χ0v) is 21.3. The van der Waals surface area contributed by atoms with E-state index in [1.54, 1.807) is 24.3 Å². The first kappa shape index (κ1) is 26.2. The summed E-state index contributed by atoms with van der Waals surface area (Å²) >= 11 is 0. The molecule has 0 unspecified atom stereocenters. The summed E-state index contributed by atoms with van der Waals surface area (Å²) in [5.41, 5.74) is 2.15. The number of carboxylic acid groups (broad SMARTS) is 1. The van der Waals surface area contributed by atoms with E-state index in [0.29, 0.717) is 24.8 Å². The van der Waals surface area contributed by atoms with E-state index in [2.05, 4.69) is 30.5 Å². The van der Waals surface area contributed by atoms with Gasteiger partial charge in [-0.2, -0.15) is 0 Å². The molecule has 0 aliphatic carbocycles. The molecule has 8 heteroatoms. The topological polar surface area (TPSA) is 99.6 Å². The minimum Gasteiger partial charge on any atom is -0.478 e. The number of hydrogen-bond acceptors (Lipinski definition) is 5. The summed E-state index contributed by atoms with van der Waals surface area (Å²) in [4.78, 5) is 18.5. The molecule has 186 valence electrons. The van der Waals surface area contributed by atoms with Crippen molar-refractivity contribution in [1.82, 2.24) is 4.98 Å². The van der Waals surface area contributed by atoms with Gasteiger partial charge in [0.05, 0.1) is 16.8 Å². The van der Waals surface area contributed by atoms with Gasteiger partial charge in [-0.1, -0.05) is 69.7 Å². The van der Waals surface area contributed by atoms with Crippen LogP contribution in [0, 0.1) is 5.92 Å². The van der Waals surface area contributed by atoms with Crippen LogP contribution in [0.25, 0.3) is 0 Å². The van der Waals surface area contributed by atoms with E-state index in [0.717, 1.165) is 30.4 Å². The van der Waals surface area contributed by atoms with Gasteiger partial charge in [0.15, 0.2) is 0 Å². The fraction of sp³-hybridized carbons (Fsp3) is 0.333. The first-order valence-corrected chi connectivity index (χ1v) is 13.3. The van der Waals surface area contributed by atoms with Crippen molar-refractivity contribution in [3.63, 3.8) is 0 Å². The molecule has 0 radical (unpaired) electrons. The van der Waals surface area contributed by atoms with Crippen molar-refractivity contribution in [3.8, 4) is 0 Å². The molecule has 3 aromatic rings. The van der Waals surface area contributed by atoms with Gasteiger partial charge in [0, 0.05) is 13.1 Å². The molecule has 0 fully saturated rings. The van der Waals surface area contributed by atoms with Gasteiger partial charge in [0.2, 0.25) is 0 Å². The molecule has 0 amide bonds. The number of carboxylic acids is 1. The van der Waals surface area contributed by atoms with Gasteiger partial charge in [-0.3, -0.25) is 4.72 Å². The third-order valence-electron chi connectivity index (χ3n) is 5.52. The normalized spacial score (nSPS) is 11.4. The molecule has 0 saturated heterocycles. The van der Waals surface area contributed by atoms with Gasteiger partial charge in [-0.25, -0.2) is 18.2 Å². The molecule has 0 saturated carbocycles. The van der Waals surface area contributed by atoms with Gasteiger partial charge >= 0.3 is 5.97 Å². The Kier molecular flexibility index (Phi) is 8.87. The number of aromatic nitrogens is 1. The molecule has 3 rings (SSSR count). The Morgan fingerprint density at radius 2 is 1.74 bits per heavy atom. The summed E-state index contributed by atoms with van der Waals surface area (Å²) in [5.74, 6) is -0.384. The summed E-state index contributed by atoms with van der Waals surface area (Å²) in [6.45, 7) is 7.41. The largest absolute Gasteiger partial charge is 0.478 e. The van der Waals surface area contributed by atoms with Crippen LogP contribution in [-0.2, 0) is 23.0 Å². The molecule has 7 nitrogen and oxygen atoms in total. The number of benzene rings is 2. The lowest BCUT2D eigenvalue weighted by atomic mass is 10.0. The summed E-state index contributed by atoms with van der Waals surface area (Å²) in [6.07, 6.45) is 4.05. The summed E-state index contributed by atoms with van der Waals surface area (Å²) in [7, 11) is -3.89. The quantitative estimate of drug-likeness (QED) is 0.340. The average molecular weight is 496 g/mol. The number of nitrogens with zero attached hydrogens (tertiary/aromatic N) is 2. The van der Waals surface area contributed by atoms with E-state index in [1.807, 2.05) is 35.2 Å². The van der Waals surface area contributed by atoms with Crippen molar-refractivity contribution < 1.29 is 18.3 Å². The van der Waals surface area contributed by atoms with E-state index >= 15 is 0 Å². The zero-order valence-electron chi connectivity index (χ0n) is 20.4. The second-order valence-electron chi connectivity index (χ2n) is 9.01. The summed E-state index contributed by atoms with van der Waals surface area (Å²) in [5, 5.41) is 9.90. The van der Waals surface area contributed by atoms with E-state index in [9.17, 15) is 18.3 Å².